The van der Waals surface area contributed by atoms with E-state index in [0.29, 0.717) is 10.4 Å². The van der Waals surface area contributed by atoms with Gasteiger partial charge in [0.1, 0.15) is 5.82 Å². The molecule has 0 spiro atoms. The number of benzene rings is 1. The van der Waals surface area contributed by atoms with Crippen LogP contribution in [0.15, 0.2) is 16.6 Å². The SMILES string of the molecule is CNc1cc(CC(C)C)nc2c(C)cc(F)c(Br)c12. The number of rotatable bonds is 3. The van der Waals surface area contributed by atoms with Crippen LogP contribution in [0.4, 0.5) is 10.1 Å². The van der Waals surface area contributed by atoms with Crippen molar-refractivity contribution >= 4 is 32.5 Å². The summed E-state index contributed by atoms with van der Waals surface area (Å²) in [6.07, 6.45) is 0.916. The van der Waals surface area contributed by atoms with Gasteiger partial charge in [0.25, 0.3) is 0 Å². The molecule has 102 valence electrons. The van der Waals surface area contributed by atoms with Crippen LogP contribution in [0, 0.1) is 18.7 Å². The summed E-state index contributed by atoms with van der Waals surface area (Å²) in [6.45, 7) is 6.22. The second-order valence-corrected chi connectivity index (χ2v) is 6.01. The highest BCUT2D eigenvalue weighted by Gasteiger charge is 2.14. The van der Waals surface area contributed by atoms with Crippen LogP contribution in [0.2, 0.25) is 0 Å². The number of aryl methyl sites for hydroxylation is 1. The van der Waals surface area contributed by atoms with Gasteiger partial charge >= 0.3 is 0 Å². The zero-order chi connectivity index (χ0) is 14.2. The number of hydrogen-bond donors (Lipinski definition) is 1. The van der Waals surface area contributed by atoms with Crippen molar-refractivity contribution in [3.05, 3.63) is 33.7 Å². The van der Waals surface area contributed by atoms with E-state index in [1.807, 2.05) is 20.0 Å². The molecule has 0 bridgehead atoms. The number of fused-ring (bicyclic) bond motifs is 1. The first-order valence-electron chi connectivity index (χ1n) is 6.40. The number of nitrogens with zero attached hydrogens (tertiary/aromatic N) is 1. The zero-order valence-electron chi connectivity index (χ0n) is 11.6. The zero-order valence-corrected chi connectivity index (χ0v) is 13.2. The molecule has 0 radical (unpaired) electrons. The highest BCUT2D eigenvalue weighted by Crippen LogP contribution is 2.34. The molecule has 2 nitrogen and oxygen atoms in total. The molecule has 0 aliphatic heterocycles. The van der Waals surface area contributed by atoms with Crippen molar-refractivity contribution in [1.82, 2.24) is 4.98 Å². The van der Waals surface area contributed by atoms with Crippen LogP contribution in [-0.2, 0) is 6.42 Å². The molecule has 4 heteroatoms. The molecule has 0 aliphatic rings. The Morgan fingerprint density at radius 1 is 1.37 bits per heavy atom. The Morgan fingerprint density at radius 2 is 2.05 bits per heavy atom. The first-order chi connectivity index (χ1) is 8.93. The second kappa shape index (κ2) is 5.45. The molecule has 19 heavy (non-hydrogen) atoms. The van der Waals surface area contributed by atoms with Crippen molar-refractivity contribution in [3.8, 4) is 0 Å². The molecule has 0 amide bonds. The Balaban J connectivity index is 2.77. The summed E-state index contributed by atoms with van der Waals surface area (Å²) < 4.78 is 14.3. The summed E-state index contributed by atoms with van der Waals surface area (Å²) in [4.78, 5) is 4.69. The first-order valence-corrected chi connectivity index (χ1v) is 7.19. The largest absolute Gasteiger partial charge is 0.387 e. The fraction of sp³-hybridized carbons (Fsp3) is 0.400. The van der Waals surface area contributed by atoms with Crippen molar-refractivity contribution in [3.63, 3.8) is 0 Å². The van der Waals surface area contributed by atoms with Crippen molar-refractivity contribution in [2.75, 3.05) is 12.4 Å². The molecule has 1 heterocycles. The molecule has 0 saturated carbocycles. The highest BCUT2D eigenvalue weighted by atomic mass is 79.9. The van der Waals surface area contributed by atoms with Gasteiger partial charge in [-0.25, -0.2) is 4.39 Å². The summed E-state index contributed by atoms with van der Waals surface area (Å²) in [5.74, 6) is 0.291. The summed E-state index contributed by atoms with van der Waals surface area (Å²) in [6, 6.07) is 3.53. The molecular weight excluding hydrogens is 307 g/mol. The smallest absolute Gasteiger partial charge is 0.138 e. The quantitative estimate of drug-likeness (QED) is 0.886. The molecule has 0 aliphatic carbocycles. The first kappa shape index (κ1) is 14.3. The molecule has 2 aromatic rings. The molecule has 1 N–H and O–H groups in total. The minimum atomic E-state index is -0.250. The minimum Gasteiger partial charge on any atom is -0.387 e. The van der Waals surface area contributed by atoms with Crippen molar-refractivity contribution < 1.29 is 4.39 Å². The van der Waals surface area contributed by atoms with Crippen LogP contribution in [-0.4, -0.2) is 12.0 Å². The Morgan fingerprint density at radius 3 is 2.63 bits per heavy atom. The normalized spacial score (nSPS) is 11.3. The average Bonchev–Trinajstić information content (AvgIpc) is 2.34. The maximum absolute atomic E-state index is 13.8. The maximum Gasteiger partial charge on any atom is 0.138 e. The average molecular weight is 325 g/mol. The third-order valence-corrected chi connectivity index (χ3v) is 3.88. The fourth-order valence-corrected chi connectivity index (χ4v) is 2.78. The van der Waals surface area contributed by atoms with Crippen LogP contribution in [0.5, 0.6) is 0 Å². The number of nitrogens with one attached hydrogen (secondary N) is 1. The topological polar surface area (TPSA) is 24.9 Å². The molecule has 2 rings (SSSR count). The van der Waals surface area contributed by atoms with E-state index >= 15 is 0 Å². The van der Waals surface area contributed by atoms with E-state index in [9.17, 15) is 4.39 Å². The van der Waals surface area contributed by atoms with E-state index in [-0.39, 0.29) is 5.82 Å². The molecule has 0 fully saturated rings. The van der Waals surface area contributed by atoms with Gasteiger partial charge in [-0.05, 0) is 52.9 Å². The molecule has 0 atom stereocenters. The molecular formula is C15H18BrFN2. The lowest BCUT2D eigenvalue weighted by Crippen LogP contribution is -2.02. The van der Waals surface area contributed by atoms with Crippen LogP contribution >= 0.6 is 15.9 Å². The molecule has 1 aromatic heterocycles. The maximum atomic E-state index is 13.8. The molecule has 0 saturated heterocycles. The van der Waals surface area contributed by atoms with Gasteiger partial charge in [0.05, 0.1) is 9.99 Å². The predicted octanol–water partition coefficient (Wildman–Crippen LogP) is 4.69. The lowest BCUT2D eigenvalue weighted by molar-refractivity contribution is 0.621. The Kier molecular flexibility index (Phi) is 4.09. The minimum absolute atomic E-state index is 0.250. The number of anilines is 1. The predicted molar refractivity (Wildman–Crippen MR) is 82.2 cm³/mol. The third kappa shape index (κ3) is 2.73. The van der Waals surface area contributed by atoms with Gasteiger partial charge in [0.15, 0.2) is 0 Å². The number of halogens is 2. The van der Waals surface area contributed by atoms with E-state index in [0.717, 1.165) is 34.3 Å². The molecule has 0 unspecified atom stereocenters. The van der Waals surface area contributed by atoms with Crippen LogP contribution < -0.4 is 5.32 Å². The summed E-state index contributed by atoms with van der Waals surface area (Å²) >= 11 is 3.33. The van der Waals surface area contributed by atoms with Crippen LogP contribution in [0.25, 0.3) is 10.9 Å². The lowest BCUT2D eigenvalue weighted by atomic mass is 10.0. The van der Waals surface area contributed by atoms with E-state index in [2.05, 4.69) is 40.1 Å². The van der Waals surface area contributed by atoms with Gasteiger partial charge in [-0.1, -0.05) is 13.8 Å². The van der Waals surface area contributed by atoms with Crippen molar-refractivity contribution in [2.24, 2.45) is 5.92 Å². The summed E-state index contributed by atoms with van der Waals surface area (Å²) in [5, 5.41) is 3.95. The Bertz CT molecular complexity index is 623. The van der Waals surface area contributed by atoms with Gasteiger partial charge in [-0.2, -0.15) is 0 Å². The fourth-order valence-electron chi connectivity index (χ4n) is 2.27. The summed E-state index contributed by atoms with van der Waals surface area (Å²) in [5.41, 5.74) is 3.66. The van der Waals surface area contributed by atoms with Gasteiger partial charge in [0, 0.05) is 23.8 Å². The monoisotopic (exact) mass is 324 g/mol. The number of aromatic nitrogens is 1. The Hall–Kier alpha value is -1.16. The van der Waals surface area contributed by atoms with Crippen LogP contribution in [0.3, 0.4) is 0 Å². The van der Waals surface area contributed by atoms with E-state index in [1.54, 1.807) is 0 Å². The van der Waals surface area contributed by atoms with E-state index < -0.39 is 0 Å². The lowest BCUT2D eigenvalue weighted by Gasteiger charge is -2.14. The van der Waals surface area contributed by atoms with Gasteiger partial charge < -0.3 is 5.32 Å². The third-order valence-electron chi connectivity index (χ3n) is 3.11. The van der Waals surface area contributed by atoms with Crippen molar-refractivity contribution in [1.29, 1.82) is 0 Å². The highest BCUT2D eigenvalue weighted by molar-refractivity contribution is 9.10. The van der Waals surface area contributed by atoms with Crippen LogP contribution in [0.1, 0.15) is 25.1 Å². The number of hydrogen-bond acceptors (Lipinski definition) is 2. The number of pyridine rings is 1. The molecule has 1 aromatic carbocycles. The van der Waals surface area contributed by atoms with Gasteiger partial charge in [-0.3, -0.25) is 4.98 Å². The standard InChI is InChI=1S/C15H18BrFN2/c1-8(2)5-10-7-12(18-4)13-14(16)11(17)6-9(3)15(13)19-10/h6-8H,5H2,1-4H3,(H,18,19). The Labute approximate surface area is 121 Å². The van der Waals surface area contributed by atoms with Crippen molar-refractivity contribution in [2.45, 2.75) is 27.2 Å². The van der Waals surface area contributed by atoms with E-state index in [4.69, 9.17) is 0 Å². The summed E-state index contributed by atoms with van der Waals surface area (Å²) in [7, 11) is 1.85. The van der Waals surface area contributed by atoms with Gasteiger partial charge in [-0.15, -0.1) is 0 Å². The van der Waals surface area contributed by atoms with Gasteiger partial charge in [0.2, 0.25) is 0 Å². The van der Waals surface area contributed by atoms with E-state index in [1.165, 1.54) is 6.07 Å². The second-order valence-electron chi connectivity index (χ2n) is 5.22.